The number of amides is 1. The predicted octanol–water partition coefficient (Wildman–Crippen LogP) is 1.65. The number of phenols is 1. The molecule has 104 valence electrons. The summed E-state index contributed by atoms with van der Waals surface area (Å²) in [4.78, 5) is 14.2. The van der Waals surface area contributed by atoms with E-state index in [0.29, 0.717) is 24.5 Å². The van der Waals surface area contributed by atoms with Gasteiger partial charge in [-0.05, 0) is 26.0 Å². The van der Waals surface area contributed by atoms with E-state index >= 15 is 0 Å². The Labute approximate surface area is 112 Å². The largest absolute Gasteiger partial charge is 0.507 e. The fourth-order valence-corrected chi connectivity index (χ4v) is 2.16. The summed E-state index contributed by atoms with van der Waals surface area (Å²) in [5.74, 6) is 0.288. The Balaban J connectivity index is 2.23. The number of carbonyl (C=O) groups excluding carboxylic acids is 1. The minimum Gasteiger partial charge on any atom is -0.507 e. The molecule has 1 amide bonds. The Morgan fingerprint density at radius 1 is 1.47 bits per heavy atom. The fourth-order valence-electron chi connectivity index (χ4n) is 2.16. The molecule has 0 aromatic heterocycles. The normalized spacial score (nSPS) is 23.2. The molecule has 1 saturated heterocycles. The van der Waals surface area contributed by atoms with Crippen LogP contribution in [-0.4, -0.2) is 48.3 Å². The number of phenolic OH excluding ortho intramolecular Hbond substituents is 1. The molecule has 0 saturated carbocycles. The highest BCUT2D eigenvalue weighted by molar-refractivity contribution is 5.97. The Bertz CT molecular complexity index is 475. The van der Waals surface area contributed by atoms with Gasteiger partial charge in [-0.1, -0.05) is 0 Å². The second-order valence-electron chi connectivity index (χ2n) is 4.83. The molecule has 2 unspecified atom stereocenters. The van der Waals surface area contributed by atoms with Gasteiger partial charge in [-0.25, -0.2) is 0 Å². The zero-order valence-electron chi connectivity index (χ0n) is 11.4. The van der Waals surface area contributed by atoms with Crippen LogP contribution in [0.4, 0.5) is 0 Å². The van der Waals surface area contributed by atoms with Gasteiger partial charge in [-0.2, -0.15) is 0 Å². The second kappa shape index (κ2) is 5.48. The van der Waals surface area contributed by atoms with Gasteiger partial charge in [0.1, 0.15) is 11.5 Å². The first kappa shape index (κ1) is 13.7. The number of aromatic hydroxyl groups is 1. The summed E-state index contributed by atoms with van der Waals surface area (Å²) in [5.41, 5.74) is 0.293. The number of hydrogen-bond acceptors (Lipinski definition) is 4. The van der Waals surface area contributed by atoms with Gasteiger partial charge in [0.2, 0.25) is 0 Å². The molecule has 1 aliphatic heterocycles. The van der Waals surface area contributed by atoms with Crippen molar-refractivity contribution in [2.75, 3.05) is 20.3 Å². The van der Waals surface area contributed by atoms with Gasteiger partial charge in [0.05, 0.1) is 31.4 Å². The van der Waals surface area contributed by atoms with Crippen molar-refractivity contribution in [3.63, 3.8) is 0 Å². The molecule has 0 spiro atoms. The van der Waals surface area contributed by atoms with E-state index in [2.05, 4.69) is 0 Å². The number of ether oxygens (including phenoxy) is 2. The van der Waals surface area contributed by atoms with Crippen molar-refractivity contribution in [1.29, 1.82) is 0 Å². The third-order valence-corrected chi connectivity index (χ3v) is 3.30. The molecular weight excluding hydrogens is 246 g/mol. The van der Waals surface area contributed by atoms with Crippen molar-refractivity contribution in [2.45, 2.75) is 26.0 Å². The smallest absolute Gasteiger partial charge is 0.258 e. The lowest BCUT2D eigenvalue weighted by Gasteiger charge is -2.36. The lowest BCUT2D eigenvalue weighted by atomic mass is 10.1. The fraction of sp³-hybridized carbons (Fsp3) is 0.500. The Morgan fingerprint density at radius 3 is 2.84 bits per heavy atom. The Kier molecular flexibility index (Phi) is 3.95. The zero-order chi connectivity index (χ0) is 14.0. The summed E-state index contributed by atoms with van der Waals surface area (Å²) >= 11 is 0. The van der Waals surface area contributed by atoms with Gasteiger partial charge in [0, 0.05) is 12.6 Å². The van der Waals surface area contributed by atoms with Crippen LogP contribution in [0.3, 0.4) is 0 Å². The number of rotatable bonds is 2. The second-order valence-corrected chi connectivity index (χ2v) is 4.83. The molecule has 1 aromatic rings. The lowest BCUT2D eigenvalue weighted by Crippen LogP contribution is -2.50. The van der Waals surface area contributed by atoms with Gasteiger partial charge in [0.15, 0.2) is 0 Å². The first-order chi connectivity index (χ1) is 9.02. The van der Waals surface area contributed by atoms with Crippen LogP contribution in [0.5, 0.6) is 11.5 Å². The molecular formula is C14H19NO4. The van der Waals surface area contributed by atoms with E-state index in [1.54, 1.807) is 17.0 Å². The molecule has 0 aliphatic carbocycles. The van der Waals surface area contributed by atoms with Crippen molar-refractivity contribution in [3.05, 3.63) is 23.8 Å². The van der Waals surface area contributed by atoms with E-state index in [9.17, 15) is 9.90 Å². The first-order valence-electron chi connectivity index (χ1n) is 6.32. The third kappa shape index (κ3) is 2.81. The number of carbonyl (C=O) groups is 1. The van der Waals surface area contributed by atoms with Crippen LogP contribution in [0.2, 0.25) is 0 Å². The maximum absolute atomic E-state index is 12.4. The summed E-state index contributed by atoms with van der Waals surface area (Å²) in [6, 6.07) is 4.71. The zero-order valence-corrected chi connectivity index (χ0v) is 11.4. The van der Waals surface area contributed by atoms with Gasteiger partial charge in [-0.15, -0.1) is 0 Å². The average molecular weight is 265 g/mol. The van der Waals surface area contributed by atoms with Crippen molar-refractivity contribution < 1.29 is 19.4 Å². The van der Waals surface area contributed by atoms with Crippen LogP contribution in [0.25, 0.3) is 0 Å². The van der Waals surface area contributed by atoms with E-state index in [0.717, 1.165) is 0 Å². The average Bonchev–Trinajstić information content (AvgIpc) is 2.40. The highest BCUT2D eigenvalue weighted by Crippen LogP contribution is 2.26. The van der Waals surface area contributed by atoms with Crippen LogP contribution >= 0.6 is 0 Å². The number of morpholine rings is 1. The van der Waals surface area contributed by atoms with E-state index < -0.39 is 0 Å². The van der Waals surface area contributed by atoms with Crippen molar-refractivity contribution in [2.24, 2.45) is 0 Å². The van der Waals surface area contributed by atoms with Gasteiger partial charge < -0.3 is 19.5 Å². The minimum absolute atomic E-state index is 0.00482. The molecule has 19 heavy (non-hydrogen) atoms. The van der Waals surface area contributed by atoms with E-state index in [4.69, 9.17) is 9.47 Å². The number of hydrogen-bond donors (Lipinski definition) is 1. The summed E-state index contributed by atoms with van der Waals surface area (Å²) in [6.45, 7) is 4.92. The maximum atomic E-state index is 12.4. The SMILES string of the molecule is COc1ccc(C(=O)N2CC(C)OCC2C)c(O)c1. The Morgan fingerprint density at radius 2 is 2.21 bits per heavy atom. The van der Waals surface area contributed by atoms with Crippen LogP contribution in [-0.2, 0) is 4.74 Å². The summed E-state index contributed by atoms with van der Waals surface area (Å²) in [7, 11) is 1.52. The highest BCUT2D eigenvalue weighted by atomic mass is 16.5. The number of benzene rings is 1. The van der Waals surface area contributed by atoms with Crippen LogP contribution in [0.1, 0.15) is 24.2 Å². The molecule has 1 heterocycles. The Hall–Kier alpha value is -1.75. The van der Waals surface area contributed by atoms with Crippen molar-refractivity contribution >= 4 is 5.91 Å². The van der Waals surface area contributed by atoms with Crippen LogP contribution < -0.4 is 4.74 Å². The third-order valence-electron chi connectivity index (χ3n) is 3.30. The molecule has 1 N–H and O–H groups in total. The molecule has 1 aromatic carbocycles. The molecule has 0 radical (unpaired) electrons. The summed E-state index contributed by atoms with van der Waals surface area (Å²) < 4.78 is 10.5. The predicted molar refractivity (Wildman–Crippen MR) is 70.6 cm³/mol. The number of methoxy groups -OCH3 is 1. The molecule has 1 aliphatic rings. The first-order valence-corrected chi connectivity index (χ1v) is 6.32. The van der Waals surface area contributed by atoms with E-state index in [1.165, 1.54) is 13.2 Å². The maximum Gasteiger partial charge on any atom is 0.258 e. The monoisotopic (exact) mass is 265 g/mol. The van der Waals surface area contributed by atoms with E-state index in [-0.39, 0.29) is 23.8 Å². The summed E-state index contributed by atoms with van der Waals surface area (Å²) in [6.07, 6.45) is 0.0144. The van der Waals surface area contributed by atoms with Crippen LogP contribution in [0.15, 0.2) is 18.2 Å². The van der Waals surface area contributed by atoms with Crippen molar-refractivity contribution in [1.82, 2.24) is 4.90 Å². The number of nitrogens with zero attached hydrogens (tertiary/aromatic N) is 1. The van der Waals surface area contributed by atoms with Crippen LogP contribution in [0, 0.1) is 0 Å². The molecule has 2 rings (SSSR count). The van der Waals surface area contributed by atoms with Gasteiger partial charge in [-0.3, -0.25) is 4.79 Å². The minimum atomic E-state index is -0.178. The molecule has 1 fully saturated rings. The molecule has 5 heteroatoms. The molecule has 0 bridgehead atoms. The van der Waals surface area contributed by atoms with Gasteiger partial charge >= 0.3 is 0 Å². The van der Waals surface area contributed by atoms with Gasteiger partial charge in [0.25, 0.3) is 5.91 Å². The molecule has 2 atom stereocenters. The highest BCUT2D eigenvalue weighted by Gasteiger charge is 2.29. The quantitative estimate of drug-likeness (QED) is 0.883. The standard InChI is InChI=1S/C14H19NO4/c1-9-8-19-10(2)7-15(9)14(17)12-5-4-11(18-3)6-13(12)16/h4-6,9-10,16H,7-8H2,1-3H3. The lowest BCUT2D eigenvalue weighted by molar-refractivity contribution is -0.0387. The van der Waals surface area contributed by atoms with E-state index in [1.807, 2.05) is 13.8 Å². The topological polar surface area (TPSA) is 59.0 Å². The van der Waals surface area contributed by atoms with Crippen molar-refractivity contribution in [3.8, 4) is 11.5 Å². The summed E-state index contributed by atoms with van der Waals surface area (Å²) in [5, 5.41) is 9.92. The molecule has 5 nitrogen and oxygen atoms in total.